The quantitative estimate of drug-likeness (QED) is 0.501. The Kier molecular flexibility index (Phi) is 4.12. The third-order valence-electron chi connectivity index (χ3n) is 4.56. The lowest BCUT2D eigenvalue weighted by Gasteiger charge is -2.21. The van der Waals surface area contributed by atoms with Crippen molar-refractivity contribution < 1.29 is 0 Å². The van der Waals surface area contributed by atoms with Gasteiger partial charge in [-0.25, -0.2) is 0 Å². The summed E-state index contributed by atoms with van der Waals surface area (Å²) in [4.78, 5) is 0. The molecule has 0 N–H and O–H groups in total. The summed E-state index contributed by atoms with van der Waals surface area (Å²) in [6, 6.07) is 30.1. The minimum atomic E-state index is 1.10. The van der Waals surface area contributed by atoms with Crippen LogP contribution in [0, 0.1) is 0 Å². The van der Waals surface area contributed by atoms with Crippen molar-refractivity contribution >= 4 is 17.2 Å². The molecule has 0 heterocycles. The zero-order valence-electron chi connectivity index (χ0n) is 13.7. The number of aryl methyl sites for hydroxylation is 1. The smallest absolute Gasteiger partial charge is 0.0103 e. The summed E-state index contributed by atoms with van der Waals surface area (Å²) in [6.45, 7) is 0. The molecule has 0 atom stereocenters. The average molecular weight is 308 g/mol. The maximum atomic E-state index is 2.39. The van der Waals surface area contributed by atoms with Gasteiger partial charge in [0, 0.05) is 0 Å². The van der Waals surface area contributed by atoms with Gasteiger partial charge < -0.3 is 0 Å². The first kappa shape index (κ1) is 14.7. The van der Waals surface area contributed by atoms with Gasteiger partial charge in [0.15, 0.2) is 0 Å². The van der Waals surface area contributed by atoms with E-state index in [4.69, 9.17) is 0 Å². The highest BCUT2D eigenvalue weighted by Crippen LogP contribution is 2.37. The van der Waals surface area contributed by atoms with Crippen LogP contribution in [-0.2, 0) is 6.42 Å². The molecule has 0 radical (unpaired) electrons. The molecule has 0 aromatic heterocycles. The van der Waals surface area contributed by atoms with Gasteiger partial charge in [0.2, 0.25) is 0 Å². The van der Waals surface area contributed by atoms with Crippen LogP contribution in [0.4, 0.5) is 0 Å². The molecule has 0 heteroatoms. The second-order valence-electron chi connectivity index (χ2n) is 6.15. The van der Waals surface area contributed by atoms with Gasteiger partial charge in [0.05, 0.1) is 0 Å². The molecule has 0 unspecified atom stereocenters. The van der Waals surface area contributed by atoms with E-state index in [1.165, 1.54) is 33.4 Å². The van der Waals surface area contributed by atoms with Crippen LogP contribution in [-0.4, -0.2) is 0 Å². The van der Waals surface area contributed by atoms with Crippen molar-refractivity contribution in [2.45, 2.75) is 12.8 Å². The number of fused-ring (bicyclic) bond motifs is 1. The summed E-state index contributed by atoms with van der Waals surface area (Å²) in [5.74, 6) is 0. The summed E-state index contributed by atoms with van der Waals surface area (Å²) in [7, 11) is 0. The van der Waals surface area contributed by atoms with Crippen LogP contribution in [0.3, 0.4) is 0 Å². The van der Waals surface area contributed by atoms with Crippen molar-refractivity contribution in [2.75, 3.05) is 0 Å². The van der Waals surface area contributed by atoms with E-state index < -0.39 is 0 Å². The minimum Gasteiger partial charge on any atom is -0.0757 e. The third kappa shape index (κ3) is 2.96. The number of rotatable bonds is 3. The maximum absolute atomic E-state index is 2.39. The first-order valence-corrected chi connectivity index (χ1v) is 8.53. The molecule has 0 saturated carbocycles. The van der Waals surface area contributed by atoms with Gasteiger partial charge in [-0.3, -0.25) is 0 Å². The van der Waals surface area contributed by atoms with Crippen LogP contribution in [0.1, 0.15) is 28.7 Å². The molecular weight excluding hydrogens is 288 g/mol. The zero-order valence-corrected chi connectivity index (χ0v) is 13.7. The molecule has 0 bridgehead atoms. The molecule has 24 heavy (non-hydrogen) atoms. The van der Waals surface area contributed by atoms with E-state index in [1.807, 2.05) is 0 Å². The number of allylic oxidation sites excluding steroid dienone is 3. The topological polar surface area (TPSA) is 0 Å². The largest absolute Gasteiger partial charge is 0.0757 e. The standard InChI is InChI=1S/C24H20/c1-3-10-19(11-4-1)18-24(21-12-5-2-6-13-21)23-17-9-15-20-14-7-8-16-22(20)23/h1-8,10-14,16-18H,9,15H2/b24-18+. The number of hydrogen-bond acceptors (Lipinski definition) is 0. The van der Waals surface area contributed by atoms with Crippen LogP contribution in [0.25, 0.3) is 17.2 Å². The molecule has 1 aliphatic carbocycles. The van der Waals surface area contributed by atoms with E-state index in [1.54, 1.807) is 0 Å². The van der Waals surface area contributed by atoms with Crippen LogP contribution >= 0.6 is 0 Å². The molecule has 4 rings (SSSR count). The lowest BCUT2D eigenvalue weighted by Crippen LogP contribution is -2.01. The second kappa shape index (κ2) is 6.72. The fourth-order valence-electron chi connectivity index (χ4n) is 3.39. The van der Waals surface area contributed by atoms with E-state index in [2.05, 4.69) is 97.1 Å². The highest BCUT2D eigenvalue weighted by Gasteiger charge is 2.16. The monoisotopic (exact) mass is 308 g/mol. The predicted octanol–water partition coefficient (Wildman–Crippen LogP) is 6.26. The molecule has 0 saturated heterocycles. The van der Waals surface area contributed by atoms with Gasteiger partial charge in [-0.15, -0.1) is 0 Å². The SMILES string of the molecule is C1=C(/C(=C/c2ccccc2)c2ccccc2)c2ccccc2CC1. The zero-order chi connectivity index (χ0) is 16.2. The summed E-state index contributed by atoms with van der Waals surface area (Å²) in [5.41, 5.74) is 7.98. The Labute approximate surface area is 143 Å². The van der Waals surface area contributed by atoms with Crippen molar-refractivity contribution in [3.05, 3.63) is 113 Å². The Hall–Kier alpha value is -2.86. The third-order valence-corrected chi connectivity index (χ3v) is 4.56. The van der Waals surface area contributed by atoms with Crippen LogP contribution < -0.4 is 0 Å². The Morgan fingerprint density at radius 3 is 2.17 bits per heavy atom. The second-order valence-corrected chi connectivity index (χ2v) is 6.15. The molecule has 0 amide bonds. The average Bonchev–Trinajstić information content (AvgIpc) is 2.67. The van der Waals surface area contributed by atoms with E-state index in [-0.39, 0.29) is 0 Å². The normalized spacial score (nSPS) is 14.0. The summed E-state index contributed by atoms with van der Waals surface area (Å²) in [6.07, 6.45) is 6.94. The van der Waals surface area contributed by atoms with Gasteiger partial charge in [-0.1, -0.05) is 91.0 Å². The van der Waals surface area contributed by atoms with Gasteiger partial charge in [0.1, 0.15) is 0 Å². The lowest BCUT2D eigenvalue weighted by atomic mass is 9.83. The highest BCUT2D eigenvalue weighted by atomic mass is 14.2. The van der Waals surface area contributed by atoms with E-state index >= 15 is 0 Å². The predicted molar refractivity (Wildman–Crippen MR) is 103 cm³/mol. The Bertz CT molecular complexity index is 884. The fraction of sp³-hybridized carbons (Fsp3) is 0.0833. The first-order chi connectivity index (χ1) is 11.9. The van der Waals surface area contributed by atoms with Crippen LogP contribution in [0.5, 0.6) is 0 Å². The van der Waals surface area contributed by atoms with Gasteiger partial charge in [0.25, 0.3) is 0 Å². The molecule has 3 aromatic carbocycles. The molecule has 1 aliphatic rings. The number of benzene rings is 3. The first-order valence-electron chi connectivity index (χ1n) is 8.53. The molecule has 3 aromatic rings. The molecule has 0 nitrogen and oxygen atoms in total. The van der Waals surface area contributed by atoms with Gasteiger partial charge in [-0.05, 0) is 52.3 Å². The van der Waals surface area contributed by atoms with Crippen LogP contribution in [0.15, 0.2) is 91.0 Å². The van der Waals surface area contributed by atoms with E-state index in [0.717, 1.165) is 12.8 Å². The van der Waals surface area contributed by atoms with E-state index in [0.29, 0.717) is 0 Å². The molecule has 0 aliphatic heterocycles. The highest BCUT2D eigenvalue weighted by molar-refractivity contribution is 6.11. The molecule has 0 fully saturated rings. The maximum Gasteiger partial charge on any atom is -0.0103 e. The molecular formula is C24H20. The lowest BCUT2D eigenvalue weighted by molar-refractivity contribution is 0.980. The summed E-state index contributed by atoms with van der Waals surface area (Å²) in [5, 5.41) is 0. The Morgan fingerprint density at radius 1 is 0.708 bits per heavy atom. The van der Waals surface area contributed by atoms with Crippen molar-refractivity contribution in [2.24, 2.45) is 0 Å². The van der Waals surface area contributed by atoms with Gasteiger partial charge in [-0.2, -0.15) is 0 Å². The van der Waals surface area contributed by atoms with Gasteiger partial charge >= 0.3 is 0 Å². The molecule has 0 spiro atoms. The van der Waals surface area contributed by atoms with Crippen molar-refractivity contribution in [3.8, 4) is 0 Å². The van der Waals surface area contributed by atoms with Crippen molar-refractivity contribution in [3.63, 3.8) is 0 Å². The fourth-order valence-corrected chi connectivity index (χ4v) is 3.39. The van der Waals surface area contributed by atoms with Crippen molar-refractivity contribution in [1.82, 2.24) is 0 Å². The van der Waals surface area contributed by atoms with E-state index in [9.17, 15) is 0 Å². The molecule has 116 valence electrons. The summed E-state index contributed by atoms with van der Waals surface area (Å²) < 4.78 is 0. The summed E-state index contributed by atoms with van der Waals surface area (Å²) >= 11 is 0. The Balaban J connectivity index is 1.88. The van der Waals surface area contributed by atoms with Crippen molar-refractivity contribution in [1.29, 1.82) is 0 Å². The van der Waals surface area contributed by atoms with Crippen LogP contribution in [0.2, 0.25) is 0 Å². The number of hydrogen-bond donors (Lipinski definition) is 0. The Morgan fingerprint density at radius 2 is 1.38 bits per heavy atom. The minimum absolute atomic E-state index is 1.10.